The second kappa shape index (κ2) is 16.3. The molecule has 0 aromatic rings. The maximum atomic E-state index is 14.3. The standard InChI is InChI=1S/C37H65N3O9/c1-12-29-37(7)27(16-30(41)49-37)24(5)40(10)20-21(2)17-36(6,45-11)33(22(3)31(42)23(4)34(44)47-29)48-35-32(43)28(39(8)9)15-26(46-35)19-38-18-25-13-14-25/h21-29,32-33,35,38,43H,12-20H2,1-11H3/t21-,22+,23?,24-,26+,27-,28?,29-,32-,33-,35+,36-,37+/m1/s1. The van der Waals surface area contributed by atoms with Gasteiger partial charge in [-0.05, 0) is 99.3 Å². The number of ketones is 1. The van der Waals surface area contributed by atoms with Gasteiger partial charge < -0.3 is 43.9 Å². The number of Topliss-reactive ketones (excluding diaryl/α,β-unsaturated/α-hetero) is 1. The van der Waals surface area contributed by atoms with E-state index in [-0.39, 0.29) is 48.2 Å². The Bertz CT molecular complexity index is 1150. The average molecular weight is 696 g/mol. The first-order valence-corrected chi connectivity index (χ1v) is 18.5. The van der Waals surface area contributed by atoms with Crippen molar-refractivity contribution in [1.29, 1.82) is 0 Å². The molecule has 0 radical (unpaired) electrons. The minimum Gasteiger partial charge on any atom is -0.458 e. The highest BCUT2D eigenvalue weighted by Gasteiger charge is 2.56. The van der Waals surface area contributed by atoms with Crippen LogP contribution in [-0.2, 0) is 38.1 Å². The quantitative estimate of drug-likeness (QED) is 0.271. The third kappa shape index (κ3) is 9.04. The molecule has 3 heterocycles. The Balaban J connectivity index is 1.68. The number of fused-ring (bicyclic) bond motifs is 1. The Labute approximate surface area is 294 Å². The molecule has 13 atom stereocenters. The first-order chi connectivity index (χ1) is 22.9. The molecule has 4 fully saturated rings. The van der Waals surface area contributed by atoms with E-state index in [1.165, 1.54) is 12.8 Å². The van der Waals surface area contributed by atoms with E-state index in [1.54, 1.807) is 21.0 Å². The summed E-state index contributed by atoms with van der Waals surface area (Å²) in [5.74, 6) is -2.72. The van der Waals surface area contributed by atoms with Crippen molar-refractivity contribution < 1.29 is 43.2 Å². The number of cyclic esters (lactones) is 1. The number of nitrogens with one attached hydrogen (secondary N) is 1. The Hall–Kier alpha value is -1.67. The highest BCUT2D eigenvalue weighted by Crippen LogP contribution is 2.43. The second-order valence-electron chi connectivity index (χ2n) is 16.3. The van der Waals surface area contributed by atoms with Gasteiger partial charge in [-0.2, -0.15) is 0 Å². The average Bonchev–Trinajstić information content (AvgIpc) is 3.82. The van der Waals surface area contributed by atoms with Gasteiger partial charge >= 0.3 is 11.9 Å². The summed E-state index contributed by atoms with van der Waals surface area (Å²) < 4.78 is 31.5. The van der Waals surface area contributed by atoms with Crippen molar-refractivity contribution in [2.45, 2.75) is 141 Å². The molecule has 0 aromatic carbocycles. The van der Waals surface area contributed by atoms with E-state index in [0.717, 1.165) is 12.5 Å². The van der Waals surface area contributed by atoms with Crippen LogP contribution in [0.25, 0.3) is 0 Å². The molecule has 3 aliphatic heterocycles. The lowest BCUT2D eigenvalue weighted by atomic mass is 9.77. The number of rotatable bonds is 9. The number of ether oxygens (including phenoxy) is 5. The number of esters is 2. The fourth-order valence-corrected chi connectivity index (χ4v) is 8.63. The van der Waals surface area contributed by atoms with Crippen molar-refractivity contribution in [1.82, 2.24) is 15.1 Å². The summed E-state index contributed by atoms with van der Waals surface area (Å²) >= 11 is 0. The zero-order valence-electron chi connectivity index (χ0n) is 31.9. The van der Waals surface area contributed by atoms with Gasteiger partial charge in [-0.3, -0.25) is 14.4 Å². The van der Waals surface area contributed by atoms with Crippen molar-refractivity contribution in [3.63, 3.8) is 0 Å². The van der Waals surface area contributed by atoms with Gasteiger partial charge in [0.1, 0.15) is 18.1 Å². The number of nitrogens with zero attached hydrogens (tertiary/aromatic N) is 2. The molecule has 4 rings (SSSR count). The van der Waals surface area contributed by atoms with Crippen LogP contribution in [-0.4, -0.2) is 135 Å². The van der Waals surface area contributed by atoms with E-state index in [2.05, 4.69) is 24.1 Å². The molecule has 1 saturated carbocycles. The third-order valence-electron chi connectivity index (χ3n) is 12.1. The van der Waals surface area contributed by atoms with Gasteiger partial charge in [-0.15, -0.1) is 0 Å². The molecule has 0 amide bonds. The van der Waals surface area contributed by atoms with Crippen LogP contribution in [0.4, 0.5) is 0 Å². The molecule has 3 saturated heterocycles. The number of carbonyl (C=O) groups excluding carboxylic acids is 3. The SMILES string of the molecule is CC[C@H]1OC(=O)C(C)C(=O)[C@H](C)[C@@H](O[C@@H]2O[C@H](CNCC3CC3)CC(N(C)C)[C@H]2O)[C@](C)(OC)C[C@@H](C)CN(C)[C@H](C)[C@H]2CC(=O)O[C@@]21C. The number of carbonyl (C=O) groups is 3. The van der Waals surface area contributed by atoms with Gasteiger partial charge in [0.15, 0.2) is 17.7 Å². The van der Waals surface area contributed by atoms with Crippen LogP contribution < -0.4 is 5.32 Å². The van der Waals surface area contributed by atoms with Crippen molar-refractivity contribution in [2.75, 3.05) is 47.9 Å². The van der Waals surface area contributed by atoms with Gasteiger partial charge in [0, 0.05) is 44.1 Å². The summed E-state index contributed by atoms with van der Waals surface area (Å²) in [6.45, 7) is 15.5. The van der Waals surface area contributed by atoms with Crippen molar-refractivity contribution in [3.8, 4) is 0 Å². The van der Waals surface area contributed by atoms with Crippen molar-refractivity contribution >= 4 is 17.7 Å². The fourth-order valence-electron chi connectivity index (χ4n) is 8.63. The van der Waals surface area contributed by atoms with Gasteiger partial charge in [0.25, 0.3) is 0 Å². The molecule has 12 heteroatoms. The summed E-state index contributed by atoms with van der Waals surface area (Å²) in [6, 6.07) is -0.299. The van der Waals surface area contributed by atoms with Gasteiger partial charge in [0.2, 0.25) is 0 Å². The van der Waals surface area contributed by atoms with Gasteiger partial charge in [-0.25, -0.2) is 0 Å². The number of hydrogen-bond acceptors (Lipinski definition) is 12. The van der Waals surface area contributed by atoms with Crippen molar-refractivity contribution in [2.24, 2.45) is 29.6 Å². The van der Waals surface area contributed by atoms with Crippen molar-refractivity contribution in [3.05, 3.63) is 0 Å². The second-order valence-corrected chi connectivity index (χ2v) is 16.3. The van der Waals surface area contributed by atoms with E-state index in [0.29, 0.717) is 32.4 Å². The molecule has 0 aromatic heterocycles. The zero-order valence-corrected chi connectivity index (χ0v) is 31.9. The Morgan fingerprint density at radius 1 is 1.08 bits per heavy atom. The predicted octanol–water partition coefficient (Wildman–Crippen LogP) is 3.03. The van der Waals surface area contributed by atoms with E-state index >= 15 is 0 Å². The molecule has 49 heavy (non-hydrogen) atoms. The lowest BCUT2D eigenvalue weighted by Gasteiger charge is -2.47. The number of methoxy groups -OCH3 is 1. The molecule has 2 unspecified atom stereocenters. The smallest absolute Gasteiger partial charge is 0.316 e. The summed E-state index contributed by atoms with van der Waals surface area (Å²) in [4.78, 5) is 44.9. The van der Waals surface area contributed by atoms with Crippen LogP contribution in [0.2, 0.25) is 0 Å². The molecule has 0 bridgehead atoms. The molecule has 12 nitrogen and oxygen atoms in total. The number of likely N-dealkylation sites (N-methyl/N-ethyl adjacent to an activating group) is 1. The highest BCUT2D eigenvalue weighted by atomic mass is 16.7. The predicted molar refractivity (Wildman–Crippen MR) is 185 cm³/mol. The summed E-state index contributed by atoms with van der Waals surface area (Å²) in [5, 5.41) is 15.1. The molecule has 282 valence electrons. The van der Waals surface area contributed by atoms with E-state index in [1.807, 2.05) is 46.8 Å². The molecule has 2 N–H and O–H groups in total. The summed E-state index contributed by atoms with van der Waals surface area (Å²) in [6.07, 6.45) is 0.486. The maximum absolute atomic E-state index is 14.3. The largest absolute Gasteiger partial charge is 0.458 e. The summed E-state index contributed by atoms with van der Waals surface area (Å²) in [5.41, 5.74) is -2.04. The number of aliphatic hydroxyl groups is 1. The molecular weight excluding hydrogens is 630 g/mol. The fraction of sp³-hybridized carbons (Fsp3) is 0.919. The molecular formula is C37H65N3O9. The van der Waals surface area contributed by atoms with E-state index in [4.69, 9.17) is 23.7 Å². The molecule has 4 aliphatic rings. The van der Waals surface area contributed by atoms with E-state index in [9.17, 15) is 19.5 Å². The topological polar surface area (TPSA) is 136 Å². The minimum absolute atomic E-state index is 0.0728. The van der Waals surface area contributed by atoms with Crippen LogP contribution >= 0.6 is 0 Å². The lowest BCUT2D eigenvalue weighted by molar-refractivity contribution is -0.297. The van der Waals surface area contributed by atoms with Crippen LogP contribution in [0.15, 0.2) is 0 Å². The summed E-state index contributed by atoms with van der Waals surface area (Å²) in [7, 11) is 7.52. The third-order valence-corrected chi connectivity index (χ3v) is 12.1. The molecule has 0 spiro atoms. The highest BCUT2D eigenvalue weighted by molar-refractivity contribution is 6.00. The molecule has 1 aliphatic carbocycles. The Morgan fingerprint density at radius 2 is 1.76 bits per heavy atom. The number of hydrogen-bond donors (Lipinski definition) is 2. The first-order valence-electron chi connectivity index (χ1n) is 18.5. The van der Waals surface area contributed by atoms with Crippen LogP contribution in [0, 0.1) is 29.6 Å². The van der Waals surface area contributed by atoms with Gasteiger partial charge in [0.05, 0.1) is 24.2 Å². The van der Waals surface area contributed by atoms with Crippen LogP contribution in [0.5, 0.6) is 0 Å². The lowest BCUT2D eigenvalue weighted by Crippen LogP contribution is -2.60. The van der Waals surface area contributed by atoms with E-state index < -0.39 is 53.6 Å². The minimum atomic E-state index is -1.12. The van der Waals surface area contributed by atoms with Crippen LogP contribution in [0.3, 0.4) is 0 Å². The maximum Gasteiger partial charge on any atom is 0.316 e. The number of aliphatic hydroxyl groups excluding tert-OH is 1. The first kappa shape index (κ1) is 40.1. The Morgan fingerprint density at radius 3 is 2.35 bits per heavy atom. The Kier molecular flexibility index (Phi) is 13.4. The van der Waals surface area contributed by atoms with Crippen LogP contribution in [0.1, 0.15) is 87.0 Å². The normalized spacial score (nSPS) is 43.4. The monoisotopic (exact) mass is 695 g/mol. The van der Waals surface area contributed by atoms with Gasteiger partial charge in [-0.1, -0.05) is 20.8 Å². The zero-order chi connectivity index (χ0) is 36.4.